The van der Waals surface area contributed by atoms with E-state index in [4.69, 9.17) is 23.6 Å². The summed E-state index contributed by atoms with van der Waals surface area (Å²) in [6.07, 6.45) is 0. The molecule has 0 aliphatic rings. The van der Waals surface area contributed by atoms with Crippen LogP contribution >= 0.6 is 15.9 Å². The topological polar surface area (TPSA) is 18.1 Å². The van der Waals surface area contributed by atoms with Crippen LogP contribution in [0.5, 0.6) is 0 Å². The maximum Gasteiger partial charge on any atom is 0.160 e. The molecule has 0 atom stereocenters. The van der Waals surface area contributed by atoms with Crippen molar-refractivity contribution in [1.29, 1.82) is 0 Å². The number of benzene rings is 4. The first kappa shape index (κ1) is 6.84. The summed E-state index contributed by atoms with van der Waals surface area (Å²) in [6.45, 7) is 0. The lowest BCUT2D eigenvalue weighted by Gasteiger charge is -2.08. The Balaban J connectivity index is 2.08. The van der Waals surface area contributed by atoms with E-state index in [1.165, 1.54) is 0 Å². The lowest BCUT2D eigenvalue weighted by atomic mass is 10.1. The average molecular weight is 426 g/mol. The summed E-state index contributed by atoms with van der Waals surface area (Å²) in [5, 5.41) is -0.834. The Hall–Kier alpha value is -3.04. The number of para-hydroxylation sites is 2. The van der Waals surface area contributed by atoms with Crippen molar-refractivity contribution in [3.8, 4) is 5.69 Å². The molecule has 0 amide bonds. The van der Waals surface area contributed by atoms with Gasteiger partial charge in [0.25, 0.3) is 0 Å². The molecule has 128 valence electrons. The van der Waals surface area contributed by atoms with E-state index >= 15 is 0 Å². The van der Waals surface area contributed by atoms with Crippen molar-refractivity contribution in [2.45, 2.75) is 0 Å². The van der Waals surface area contributed by atoms with Crippen LogP contribution in [-0.4, -0.2) is 4.57 Å². The molecule has 4 aromatic carbocycles. The van der Waals surface area contributed by atoms with E-state index in [9.17, 15) is 0 Å². The summed E-state index contributed by atoms with van der Waals surface area (Å²) in [6, 6.07) is -8.04. The van der Waals surface area contributed by atoms with Gasteiger partial charge in [-0.3, -0.25) is 0 Å². The quantitative estimate of drug-likeness (QED) is 0.267. The molecule has 0 unspecified atom stereocenters. The normalized spacial score (nSPS) is 19.1. The van der Waals surface area contributed by atoms with Crippen LogP contribution in [0, 0.1) is 0 Å². The van der Waals surface area contributed by atoms with Crippen LogP contribution in [0.3, 0.4) is 0 Å². The first-order valence-corrected chi connectivity index (χ1v) is 8.56. The zero-order chi connectivity index (χ0) is 30.1. The average Bonchev–Trinajstić information content (AvgIpc) is 3.51. The molecule has 0 spiro atoms. The van der Waals surface area contributed by atoms with E-state index in [0.717, 1.165) is 4.57 Å². The maximum absolute atomic E-state index is 8.92. The van der Waals surface area contributed by atoms with Crippen LogP contribution in [0.4, 0.5) is 0 Å². The van der Waals surface area contributed by atoms with Gasteiger partial charge in [-0.25, -0.2) is 0 Å². The first-order chi connectivity index (χ1) is 19.1. The molecule has 0 radical (unpaired) electrons. The maximum atomic E-state index is 8.92. The summed E-state index contributed by atoms with van der Waals surface area (Å²) < 4.78 is 126. The second-order valence-electron chi connectivity index (χ2n) is 5.71. The fourth-order valence-corrected chi connectivity index (χ4v) is 3.39. The summed E-state index contributed by atoms with van der Waals surface area (Å²) in [5.41, 5.74) is -1.55. The van der Waals surface area contributed by atoms with Gasteiger partial charge in [0.2, 0.25) is 0 Å². The van der Waals surface area contributed by atoms with E-state index in [1.54, 1.807) is 0 Å². The number of hydrogen-bond donors (Lipinski definition) is 0. The predicted molar refractivity (Wildman–Crippen MR) is 116 cm³/mol. The summed E-state index contributed by atoms with van der Waals surface area (Å²) in [4.78, 5) is 0. The van der Waals surface area contributed by atoms with E-state index in [1.807, 2.05) is 0 Å². The summed E-state index contributed by atoms with van der Waals surface area (Å²) >= 11 is 3.04. The smallest absolute Gasteiger partial charge is 0.160 e. The van der Waals surface area contributed by atoms with Crippen LogP contribution in [0.15, 0.2) is 93.5 Å². The first-order valence-electron chi connectivity index (χ1n) is 14.8. The van der Waals surface area contributed by atoms with Crippen LogP contribution < -0.4 is 0 Å². The second kappa shape index (κ2) is 5.48. The Morgan fingerprint density at radius 3 is 2.26 bits per heavy atom. The molecule has 0 fully saturated rings. The Kier molecular flexibility index (Phi) is 1.39. The lowest BCUT2D eigenvalue weighted by molar-refractivity contribution is 0.671. The van der Waals surface area contributed by atoms with E-state index in [2.05, 4.69) is 15.9 Å². The Morgan fingerprint density at radius 1 is 0.704 bits per heavy atom. The molecule has 0 saturated heterocycles. The predicted octanol–water partition coefficient (Wildman–Crippen LogP) is 7.45. The van der Waals surface area contributed by atoms with Crippen molar-refractivity contribution in [2.24, 2.45) is 0 Å². The van der Waals surface area contributed by atoms with Gasteiger partial charge >= 0.3 is 0 Å². The van der Waals surface area contributed by atoms with Crippen molar-refractivity contribution in [3.05, 3.63) is 89.1 Å². The number of aromatic nitrogens is 1. The van der Waals surface area contributed by atoms with Gasteiger partial charge in [-0.15, -0.1) is 0 Å². The van der Waals surface area contributed by atoms with Crippen LogP contribution in [-0.2, 0) is 0 Å². The fraction of sp³-hybridized carbons (Fsp3) is 0. The third-order valence-corrected chi connectivity index (χ3v) is 4.66. The van der Waals surface area contributed by atoms with Crippen LogP contribution in [0.25, 0.3) is 49.4 Å². The van der Waals surface area contributed by atoms with E-state index < -0.39 is 90.3 Å². The standard InChI is InChI=1S/C24H14BrNO/c25-15-9-11-16(12-10-15)26-21-7-3-1-5-17(21)19-13-14-20-18-6-2-4-8-22(18)27-24(20)23(19)26/h1-14H/i1D,2D,3D,4D,5D,6D,7D,8D,9D,10D,11D,12D,13D,14D. The zero-order valence-electron chi connectivity index (χ0n) is 27.2. The molecule has 0 saturated carbocycles. The van der Waals surface area contributed by atoms with Gasteiger partial charge in [0.15, 0.2) is 5.58 Å². The number of furan rings is 1. The zero-order valence-corrected chi connectivity index (χ0v) is 14.8. The second-order valence-corrected chi connectivity index (χ2v) is 6.50. The SMILES string of the molecule is [2H]c1c([2H])c(-n2c3c([2H])c([2H])c([2H])c([2H])c3c3c([2H])c([2H])c4c(oc5c([2H])c([2H])c([2H])c([2H])c54)c32)c([2H])c([2H])c1Br. The number of hydrogen-bond acceptors (Lipinski definition) is 1. The van der Waals surface area contributed by atoms with Gasteiger partial charge in [-0.2, -0.15) is 0 Å². The number of nitrogens with zero attached hydrogens (tertiary/aromatic N) is 1. The largest absolute Gasteiger partial charge is 0.454 e. The highest BCUT2D eigenvalue weighted by atomic mass is 79.9. The third-order valence-electron chi connectivity index (χ3n) is 4.27. The fourth-order valence-electron chi connectivity index (χ4n) is 3.19. The van der Waals surface area contributed by atoms with Gasteiger partial charge in [0.05, 0.1) is 30.2 Å². The van der Waals surface area contributed by atoms with Gasteiger partial charge < -0.3 is 8.98 Å². The molecule has 0 aliphatic heterocycles. The van der Waals surface area contributed by atoms with Crippen LogP contribution in [0.2, 0.25) is 0 Å². The molecular weight excluding hydrogens is 398 g/mol. The van der Waals surface area contributed by atoms with Gasteiger partial charge in [0.1, 0.15) is 5.58 Å². The summed E-state index contributed by atoms with van der Waals surface area (Å²) in [7, 11) is 0. The minimum absolute atomic E-state index is 0.147. The molecule has 6 rings (SSSR count). The highest BCUT2D eigenvalue weighted by Crippen LogP contribution is 2.40. The van der Waals surface area contributed by atoms with E-state index in [0.29, 0.717) is 0 Å². The molecule has 27 heavy (non-hydrogen) atoms. The summed E-state index contributed by atoms with van der Waals surface area (Å²) in [5.74, 6) is 0. The Morgan fingerprint density at radius 2 is 1.41 bits per heavy atom. The molecule has 0 aliphatic carbocycles. The monoisotopic (exact) mass is 425 g/mol. The van der Waals surface area contributed by atoms with Crippen molar-refractivity contribution in [3.63, 3.8) is 0 Å². The van der Waals surface area contributed by atoms with Crippen LogP contribution in [0.1, 0.15) is 19.2 Å². The molecule has 6 aromatic rings. The van der Waals surface area contributed by atoms with Gasteiger partial charge in [0, 0.05) is 31.7 Å². The van der Waals surface area contributed by atoms with Crippen molar-refractivity contribution >= 4 is 59.7 Å². The highest BCUT2D eigenvalue weighted by Gasteiger charge is 2.18. The minimum atomic E-state index is -0.669. The number of halogens is 1. The molecule has 2 aromatic heterocycles. The number of rotatable bonds is 1. The number of fused-ring (bicyclic) bond motifs is 7. The Labute approximate surface area is 183 Å². The van der Waals surface area contributed by atoms with E-state index in [-0.39, 0.29) is 48.2 Å². The minimum Gasteiger partial charge on any atom is -0.454 e. The highest BCUT2D eigenvalue weighted by molar-refractivity contribution is 9.10. The molecule has 0 bridgehead atoms. The van der Waals surface area contributed by atoms with Gasteiger partial charge in [-0.1, -0.05) is 58.2 Å². The third kappa shape index (κ3) is 2.06. The van der Waals surface area contributed by atoms with Crippen molar-refractivity contribution < 1.29 is 23.6 Å². The molecule has 0 N–H and O–H groups in total. The lowest BCUT2D eigenvalue weighted by Crippen LogP contribution is -1.93. The Bertz CT molecular complexity index is 2190. The molecule has 2 heterocycles. The van der Waals surface area contributed by atoms with Crippen molar-refractivity contribution in [2.75, 3.05) is 0 Å². The molecule has 2 nitrogen and oxygen atoms in total. The molecular formula is C24H14BrNO. The molecule has 3 heteroatoms. The van der Waals surface area contributed by atoms with Crippen molar-refractivity contribution in [1.82, 2.24) is 4.57 Å². The van der Waals surface area contributed by atoms with Gasteiger partial charge in [-0.05, 0) is 42.3 Å².